The normalized spacial score (nSPS) is 21.9. The summed E-state index contributed by atoms with van der Waals surface area (Å²) in [4.78, 5) is 15.0. The molecule has 7 heteroatoms. The summed E-state index contributed by atoms with van der Waals surface area (Å²) in [6.07, 6.45) is 4.94. The van der Waals surface area contributed by atoms with Crippen LogP contribution in [0.3, 0.4) is 0 Å². The Hall–Kier alpha value is -1.89. The SMILES string of the molecule is CC(C)CCC[C@H](C)NC(=O)[C@@H]1CCCN(C2=NS(=O)(=O)c3ccccc32)C1. The van der Waals surface area contributed by atoms with E-state index in [9.17, 15) is 13.2 Å². The third kappa shape index (κ3) is 4.74. The Morgan fingerprint density at radius 3 is 2.75 bits per heavy atom. The fourth-order valence-electron chi connectivity index (χ4n) is 3.97. The van der Waals surface area contributed by atoms with Crippen molar-refractivity contribution < 1.29 is 13.2 Å². The largest absolute Gasteiger partial charge is 0.355 e. The number of nitrogens with zero attached hydrogens (tertiary/aromatic N) is 2. The van der Waals surface area contributed by atoms with Gasteiger partial charge in [-0.25, -0.2) is 0 Å². The van der Waals surface area contributed by atoms with Crippen molar-refractivity contribution in [1.29, 1.82) is 0 Å². The number of amidine groups is 1. The average molecular weight is 406 g/mol. The summed E-state index contributed by atoms with van der Waals surface area (Å²) in [5, 5.41) is 3.15. The molecule has 2 heterocycles. The van der Waals surface area contributed by atoms with E-state index in [1.54, 1.807) is 18.2 Å². The van der Waals surface area contributed by atoms with Crippen molar-refractivity contribution in [1.82, 2.24) is 10.2 Å². The van der Waals surface area contributed by atoms with Gasteiger partial charge in [0.2, 0.25) is 5.91 Å². The smallest absolute Gasteiger partial charge is 0.285 e. The van der Waals surface area contributed by atoms with E-state index in [1.165, 1.54) is 6.42 Å². The van der Waals surface area contributed by atoms with Gasteiger partial charge < -0.3 is 10.2 Å². The summed E-state index contributed by atoms with van der Waals surface area (Å²) < 4.78 is 28.7. The minimum Gasteiger partial charge on any atom is -0.355 e. The molecule has 3 rings (SSSR count). The first kappa shape index (κ1) is 20.8. The monoisotopic (exact) mass is 405 g/mol. The first-order valence-electron chi connectivity index (χ1n) is 10.3. The molecule has 1 aromatic carbocycles. The number of amides is 1. The molecule has 154 valence electrons. The highest BCUT2D eigenvalue weighted by Gasteiger charge is 2.35. The molecule has 0 aliphatic carbocycles. The minimum absolute atomic E-state index is 0.0662. The second kappa shape index (κ2) is 8.64. The van der Waals surface area contributed by atoms with Crippen molar-refractivity contribution in [2.75, 3.05) is 13.1 Å². The van der Waals surface area contributed by atoms with Gasteiger partial charge in [0, 0.05) is 24.7 Å². The van der Waals surface area contributed by atoms with Crippen LogP contribution in [0, 0.1) is 11.8 Å². The summed E-state index contributed by atoms with van der Waals surface area (Å²) >= 11 is 0. The van der Waals surface area contributed by atoms with Gasteiger partial charge in [0.05, 0.1) is 5.92 Å². The molecule has 6 nitrogen and oxygen atoms in total. The maximum atomic E-state index is 12.7. The van der Waals surface area contributed by atoms with Gasteiger partial charge in [-0.05, 0) is 44.2 Å². The van der Waals surface area contributed by atoms with E-state index < -0.39 is 10.0 Å². The molecule has 2 aliphatic rings. The van der Waals surface area contributed by atoms with E-state index in [0.29, 0.717) is 23.9 Å². The van der Waals surface area contributed by atoms with E-state index in [4.69, 9.17) is 0 Å². The summed E-state index contributed by atoms with van der Waals surface area (Å²) in [5.74, 6) is 1.09. The molecule has 2 atom stereocenters. The predicted octanol–water partition coefficient (Wildman–Crippen LogP) is 3.18. The molecule has 0 aromatic heterocycles. The number of piperidine rings is 1. The number of nitrogens with one attached hydrogen (secondary N) is 1. The molecule has 1 N–H and O–H groups in total. The fraction of sp³-hybridized carbons (Fsp3) is 0.619. The molecular formula is C21H31N3O3S. The zero-order valence-corrected chi connectivity index (χ0v) is 17.8. The van der Waals surface area contributed by atoms with Gasteiger partial charge in [0.1, 0.15) is 4.90 Å². The third-order valence-corrected chi connectivity index (χ3v) is 6.84. The Labute approximate surface area is 168 Å². The molecule has 2 aliphatic heterocycles. The zero-order valence-electron chi connectivity index (χ0n) is 17.0. The molecule has 0 saturated carbocycles. The number of hydrogen-bond donors (Lipinski definition) is 1. The van der Waals surface area contributed by atoms with Crippen LogP contribution in [0.2, 0.25) is 0 Å². The van der Waals surface area contributed by atoms with Crippen LogP contribution in [0.1, 0.15) is 58.4 Å². The first-order chi connectivity index (χ1) is 13.3. The lowest BCUT2D eigenvalue weighted by atomic mass is 9.95. The molecule has 0 radical (unpaired) electrons. The Kier molecular flexibility index (Phi) is 6.43. The Bertz CT molecular complexity index is 848. The standard InChI is InChI=1S/C21H31N3O3S/c1-15(2)8-6-9-16(3)22-21(25)17-10-7-13-24(14-17)20-18-11-4-5-12-19(18)28(26,27)23-20/h4-5,11-12,15-17H,6-10,13-14H2,1-3H3,(H,22,25)/t16-,17+/m0/s1. The molecule has 1 saturated heterocycles. The molecule has 1 aromatic rings. The van der Waals surface area contributed by atoms with Crippen LogP contribution < -0.4 is 5.32 Å². The van der Waals surface area contributed by atoms with Crippen LogP contribution in [-0.2, 0) is 14.8 Å². The van der Waals surface area contributed by atoms with Crippen LogP contribution in [0.25, 0.3) is 0 Å². The van der Waals surface area contributed by atoms with E-state index in [0.717, 1.165) is 32.2 Å². The van der Waals surface area contributed by atoms with Gasteiger partial charge in [-0.15, -0.1) is 4.40 Å². The van der Waals surface area contributed by atoms with Crippen LogP contribution in [0.15, 0.2) is 33.6 Å². The molecule has 1 fully saturated rings. The van der Waals surface area contributed by atoms with Gasteiger partial charge in [-0.1, -0.05) is 38.8 Å². The lowest BCUT2D eigenvalue weighted by molar-refractivity contribution is -0.126. The summed E-state index contributed by atoms with van der Waals surface area (Å²) in [6.45, 7) is 7.71. The van der Waals surface area contributed by atoms with Crippen LogP contribution >= 0.6 is 0 Å². The molecule has 1 amide bonds. The summed E-state index contributed by atoms with van der Waals surface area (Å²) in [5.41, 5.74) is 0.644. The number of fused-ring (bicyclic) bond motifs is 1. The Morgan fingerprint density at radius 1 is 1.25 bits per heavy atom. The number of benzene rings is 1. The number of carbonyl (C=O) groups is 1. The highest BCUT2D eigenvalue weighted by Crippen LogP contribution is 2.29. The molecular weight excluding hydrogens is 374 g/mol. The molecule has 28 heavy (non-hydrogen) atoms. The minimum atomic E-state index is -3.63. The van der Waals surface area contributed by atoms with Crippen molar-refractivity contribution in [3.63, 3.8) is 0 Å². The summed E-state index contributed by atoms with van der Waals surface area (Å²) in [7, 11) is -3.63. The Balaban J connectivity index is 1.63. The maximum absolute atomic E-state index is 12.7. The van der Waals surface area contributed by atoms with Gasteiger partial charge in [0.25, 0.3) is 10.0 Å². The third-order valence-electron chi connectivity index (χ3n) is 5.51. The second-order valence-electron chi connectivity index (χ2n) is 8.41. The van der Waals surface area contributed by atoms with Gasteiger partial charge in [-0.2, -0.15) is 8.42 Å². The lowest BCUT2D eigenvalue weighted by Gasteiger charge is -2.34. The zero-order chi connectivity index (χ0) is 20.3. The quantitative estimate of drug-likeness (QED) is 0.788. The van der Waals surface area contributed by atoms with Crippen molar-refractivity contribution in [3.05, 3.63) is 29.8 Å². The van der Waals surface area contributed by atoms with Crippen molar-refractivity contribution in [2.24, 2.45) is 16.2 Å². The predicted molar refractivity (Wildman–Crippen MR) is 111 cm³/mol. The van der Waals surface area contributed by atoms with Gasteiger partial charge in [0.15, 0.2) is 5.84 Å². The van der Waals surface area contributed by atoms with Gasteiger partial charge in [-0.3, -0.25) is 4.79 Å². The van der Waals surface area contributed by atoms with Crippen LogP contribution in [0.5, 0.6) is 0 Å². The average Bonchev–Trinajstić information content (AvgIpc) is 2.93. The van der Waals surface area contributed by atoms with Crippen molar-refractivity contribution in [3.8, 4) is 0 Å². The van der Waals surface area contributed by atoms with Crippen molar-refractivity contribution in [2.45, 2.75) is 63.8 Å². The second-order valence-corrected chi connectivity index (χ2v) is 9.98. The van der Waals surface area contributed by atoms with Crippen LogP contribution in [0.4, 0.5) is 0 Å². The summed E-state index contributed by atoms with van der Waals surface area (Å²) in [6, 6.07) is 7.07. The number of likely N-dealkylation sites (tertiary alicyclic amines) is 1. The van der Waals surface area contributed by atoms with E-state index in [1.807, 2.05) is 11.0 Å². The first-order valence-corrected chi connectivity index (χ1v) is 11.7. The van der Waals surface area contributed by atoms with Crippen molar-refractivity contribution >= 4 is 21.8 Å². The highest BCUT2D eigenvalue weighted by molar-refractivity contribution is 7.90. The fourth-order valence-corrected chi connectivity index (χ4v) is 5.19. The molecule has 0 unspecified atom stereocenters. The Morgan fingerprint density at radius 2 is 2.00 bits per heavy atom. The van der Waals surface area contributed by atoms with E-state index in [2.05, 4.69) is 30.5 Å². The lowest BCUT2D eigenvalue weighted by Crippen LogP contribution is -2.47. The van der Waals surface area contributed by atoms with Crippen LogP contribution in [-0.4, -0.2) is 44.2 Å². The topological polar surface area (TPSA) is 78.8 Å². The molecule has 0 bridgehead atoms. The molecule has 0 spiro atoms. The maximum Gasteiger partial charge on any atom is 0.285 e. The number of carbonyl (C=O) groups excluding carboxylic acids is 1. The van der Waals surface area contributed by atoms with E-state index >= 15 is 0 Å². The van der Waals surface area contributed by atoms with Gasteiger partial charge >= 0.3 is 0 Å². The number of hydrogen-bond acceptors (Lipinski definition) is 4. The number of rotatable bonds is 6. The number of sulfonamides is 1. The highest BCUT2D eigenvalue weighted by atomic mass is 32.2. The van der Waals surface area contributed by atoms with E-state index in [-0.39, 0.29) is 22.8 Å².